The Bertz CT molecular complexity index is 752. The molecule has 1 fully saturated rings. The molecule has 2 heteroatoms. The normalized spacial score (nSPS) is 18.9. The second-order valence-electron chi connectivity index (χ2n) is 8.97. The van der Waals surface area contributed by atoms with Crippen molar-refractivity contribution in [1.82, 2.24) is 0 Å². The minimum absolute atomic E-state index is 0.274. The third-order valence-corrected chi connectivity index (χ3v) is 6.61. The van der Waals surface area contributed by atoms with Crippen molar-refractivity contribution >= 4 is 5.97 Å². The number of unbranched alkanes of at least 4 members (excludes halogenated alkanes) is 3. The number of carbonyl (C=O) groups is 1. The molecule has 1 aliphatic carbocycles. The van der Waals surface area contributed by atoms with Crippen molar-refractivity contribution in [2.24, 2.45) is 5.92 Å². The van der Waals surface area contributed by atoms with Crippen LogP contribution in [0, 0.1) is 5.92 Å². The van der Waals surface area contributed by atoms with Gasteiger partial charge in [-0.05, 0) is 85.8 Å². The maximum atomic E-state index is 12.5. The lowest BCUT2D eigenvalue weighted by molar-refractivity contribution is 0.0734. The van der Waals surface area contributed by atoms with Crippen molar-refractivity contribution in [3.63, 3.8) is 0 Å². The lowest BCUT2D eigenvalue weighted by atomic mass is 9.77. The van der Waals surface area contributed by atoms with Crippen LogP contribution in [-0.2, 0) is 6.42 Å². The minimum atomic E-state index is -0.274. The van der Waals surface area contributed by atoms with Crippen LogP contribution >= 0.6 is 0 Å². The summed E-state index contributed by atoms with van der Waals surface area (Å²) in [4.78, 5) is 12.5. The molecule has 162 valence electrons. The summed E-state index contributed by atoms with van der Waals surface area (Å²) >= 11 is 0. The SMILES string of the molecule is CCCCCCc1ccc(OC(=O)c2ccc(C3CCC(CCC)CC3)cc2)cc1. The number of aryl methyl sites for hydroxylation is 1. The van der Waals surface area contributed by atoms with Crippen LogP contribution in [-0.4, -0.2) is 5.97 Å². The first-order valence-corrected chi connectivity index (χ1v) is 12.1. The Hall–Kier alpha value is -2.09. The smallest absolute Gasteiger partial charge is 0.343 e. The molecule has 3 rings (SSSR count). The van der Waals surface area contributed by atoms with Gasteiger partial charge in [-0.15, -0.1) is 0 Å². The van der Waals surface area contributed by atoms with Crippen molar-refractivity contribution < 1.29 is 9.53 Å². The van der Waals surface area contributed by atoms with Gasteiger partial charge >= 0.3 is 5.97 Å². The zero-order valence-electron chi connectivity index (χ0n) is 18.9. The van der Waals surface area contributed by atoms with E-state index in [1.165, 1.54) is 75.3 Å². The molecule has 2 nitrogen and oxygen atoms in total. The van der Waals surface area contributed by atoms with Crippen molar-refractivity contribution in [2.45, 2.75) is 90.4 Å². The van der Waals surface area contributed by atoms with Gasteiger partial charge in [-0.2, -0.15) is 0 Å². The van der Waals surface area contributed by atoms with Crippen molar-refractivity contribution in [2.75, 3.05) is 0 Å². The van der Waals surface area contributed by atoms with Gasteiger partial charge in [0.05, 0.1) is 5.56 Å². The fourth-order valence-corrected chi connectivity index (χ4v) is 4.73. The predicted octanol–water partition coefficient (Wildman–Crippen LogP) is 8.10. The van der Waals surface area contributed by atoms with Gasteiger partial charge in [0.15, 0.2) is 0 Å². The fourth-order valence-electron chi connectivity index (χ4n) is 4.73. The predicted molar refractivity (Wildman–Crippen MR) is 125 cm³/mol. The molecule has 2 aromatic rings. The second kappa shape index (κ2) is 11.9. The lowest BCUT2D eigenvalue weighted by Crippen LogP contribution is -2.13. The second-order valence-corrected chi connectivity index (χ2v) is 8.97. The zero-order chi connectivity index (χ0) is 21.2. The Morgan fingerprint density at radius 3 is 2.17 bits per heavy atom. The molecule has 0 spiro atoms. The van der Waals surface area contributed by atoms with E-state index in [9.17, 15) is 4.79 Å². The highest BCUT2D eigenvalue weighted by atomic mass is 16.5. The van der Waals surface area contributed by atoms with E-state index in [0.29, 0.717) is 17.2 Å². The molecule has 0 atom stereocenters. The summed E-state index contributed by atoms with van der Waals surface area (Å²) in [6.45, 7) is 4.52. The molecule has 2 aromatic carbocycles. The average molecular weight is 407 g/mol. The van der Waals surface area contributed by atoms with Crippen molar-refractivity contribution in [3.8, 4) is 5.75 Å². The van der Waals surface area contributed by atoms with Crippen LogP contribution in [0.25, 0.3) is 0 Å². The topological polar surface area (TPSA) is 26.3 Å². The van der Waals surface area contributed by atoms with Gasteiger partial charge in [-0.1, -0.05) is 70.2 Å². The van der Waals surface area contributed by atoms with E-state index in [2.05, 4.69) is 38.1 Å². The molecule has 30 heavy (non-hydrogen) atoms. The number of esters is 1. The van der Waals surface area contributed by atoms with Crippen LogP contribution < -0.4 is 4.74 Å². The van der Waals surface area contributed by atoms with Gasteiger partial charge in [-0.3, -0.25) is 0 Å². The maximum absolute atomic E-state index is 12.5. The van der Waals surface area contributed by atoms with Gasteiger partial charge in [0.25, 0.3) is 0 Å². The summed E-state index contributed by atoms with van der Waals surface area (Å²) in [6.07, 6.45) is 14.1. The number of ether oxygens (including phenoxy) is 1. The van der Waals surface area contributed by atoms with Crippen LogP contribution in [0.2, 0.25) is 0 Å². The number of hydrogen-bond donors (Lipinski definition) is 0. The lowest BCUT2D eigenvalue weighted by Gasteiger charge is -2.28. The first kappa shape index (κ1) is 22.6. The highest BCUT2D eigenvalue weighted by Gasteiger charge is 2.22. The molecule has 0 aliphatic heterocycles. The quantitative estimate of drug-likeness (QED) is 0.226. The third kappa shape index (κ3) is 6.72. The minimum Gasteiger partial charge on any atom is -0.423 e. The van der Waals surface area contributed by atoms with Gasteiger partial charge in [0.2, 0.25) is 0 Å². The molecular formula is C28H38O2. The van der Waals surface area contributed by atoms with E-state index >= 15 is 0 Å². The molecule has 0 heterocycles. The van der Waals surface area contributed by atoms with E-state index < -0.39 is 0 Å². The molecule has 0 bridgehead atoms. The molecule has 0 radical (unpaired) electrons. The summed E-state index contributed by atoms with van der Waals surface area (Å²) in [5.41, 5.74) is 3.31. The molecule has 1 aliphatic rings. The zero-order valence-corrected chi connectivity index (χ0v) is 18.9. The van der Waals surface area contributed by atoms with Crippen LogP contribution in [0.15, 0.2) is 48.5 Å². The van der Waals surface area contributed by atoms with Gasteiger partial charge in [0, 0.05) is 0 Å². The first-order chi connectivity index (χ1) is 14.7. The maximum Gasteiger partial charge on any atom is 0.343 e. The highest BCUT2D eigenvalue weighted by molar-refractivity contribution is 5.91. The highest BCUT2D eigenvalue weighted by Crippen LogP contribution is 2.37. The van der Waals surface area contributed by atoms with E-state index in [-0.39, 0.29) is 5.97 Å². The Kier molecular flexibility index (Phi) is 8.99. The standard InChI is InChI=1S/C28H38O2/c1-3-5-6-7-9-23-12-20-27(21-13-23)30-28(29)26-18-16-25(17-19-26)24-14-10-22(8-4-2)11-15-24/h12-13,16-22,24H,3-11,14-15H2,1-2H3. The Morgan fingerprint density at radius 2 is 1.53 bits per heavy atom. The fraction of sp³-hybridized carbons (Fsp3) is 0.536. The molecule has 0 unspecified atom stereocenters. The molecule has 1 saturated carbocycles. The molecular weight excluding hydrogens is 368 g/mol. The van der Waals surface area contributed by atoms with E-state index in [0.717, 1.165) is 12.3 Å². The average Bonchev–Trinajstić information content (AvgIpc) is 2.79. The van der Waals surface area contributed by atoms with E-state index in [1.807, 2.05) is 24.3 Å². The van der Waals surface area contributed by atoms with E-state index in [4.69, 9.17) is 4.74 Å². The summed E-state index contributed by atoms with van der Waals surface area (Å²) < 4.78 is 5.59. The van der Waals surface area contributed by atoms with Gasteiger partial charge < -0.3 is 4.74 Å². The van der Waals surface area contributed by atoms with E-state index in [1.54, 1.807) is 0 Å². The molecule has 0 N–H and O–H groups in total. The van der Waals surface area contributed by atoms with Crippen molar-refractivity contribution in [1.29, 1.82) is 0 Å². The monoisotopic (exact) mass is 406 g/mol. The number of rotatable bonds is 10. The Labute approximate surface area is 183 Å². The van der Waals surface area contributed by atoms with Gasteiger partial charge in [-0.25, -0.2) is 4.79 Å². The third-order valence-electron chi connectivity index (χ3n) is 6.61. The van der Waals surface area contributed by atoms with Crippen LogP contribution in [0.1, 0.15) is 105 Å². The summed E-state index contributed by atoms with van der Waals surface area (Å²) in [5.74, 6) is 1.91. The molecule has 0 saturated heterocycles. The van der Waals surface area contributed by atoms with Crippen LogP contribution in [0.5, 0.6) is 5.75 Å². The molecule has 0 aromatic heterocycles. The summed E-state index contributed by atoms with van der Waals surface area (Å²) in [7, 11) is 0. The Balaban J connectivity index is 1.49. The summed E-state index contributed by atoms with van der Waals surface area (Å²) in [6, 6.07) is 16.1. The number of hydrogen-bond acceptors (Lipinski definition) is 2. The van der Waals surface area contributed by atoms with Crippen LogP contribution in [0.4, 0.5) is 0 Å². The first-order valence-electron chi connectivity index (χ1n) is 12.1. The Morgan fingerprint density at radius 1 is 0.833 bits per heavy atom. The van der Waals surface area contributed by atoms with Crippen molar-refractivity contribution in [3.05, 3.63) is 65.2 Å². The number of benzene rings is 2. The summed E-state index contributed by atoms with van der Waals surface area (Å²) in [5, 5.41) is 0. The number of carbonyl (C=O) groups excluding carboxylic acids is 1. The largest absolute Gasteiger partial charge is 0.423 e. The van der Waals surface area contributed by atoms with Crippen LogP contribution in [0.3, 0.4) is 0 Å². The van der Waals surface area contributed by atoms with Gasteiger partial charge in [0.1, 0.15) is 5.75 Å². The molecule has 0 amide bonds.